The number of hydrogen-bond donors (Lipinski definition) is 3. The van der Waals surface area contributed by atoms with Crippen molar-refractivity contribution in [3.63, 3.8) is 0 Å². The molecule has 0 radical (unpaired) electrons. The number of ether oxygens (including phenoxy) is 1. The van der Waals surface area contributed by atoms with Gasteiger partial charge in [0.05, 0.1) is 12.3 Å². The average molecular weight is 366 g/mol. The fraction of sp³-hybridized carbons (Fsp3) is 0.150. The lowest BCUT2D eigenvalue weighted by atomic mass is 10.1. The molecule has 0 heterocycles. The Morgan fingerprint density at radius 2 is 1.96 bits per heavy atom. The second-order valence-electron chi connectivity index (χ2n) is 5.70. The quantitative estimate of drug-likeness (QED) is 0.314. The van der Waals surface area contributed by atoms with E-state index in [1.807, 2.05) is 13.0 Å². The molecule has 2 rings (SSSR count). The Hall–Kier alpha value is -3.61. The van der Waals surface area contributed by atoms with Crippen LogP contribution < -0.4 is 16.8 Å². The molecule has 5 N–H and O–H groups in total. The van der Waals surface area contributed by atoms with Gasteiger partial charge >= 0.3 is 5.97 Å². The normalized spacial score (nSPS) is 10.4. The first-order valence-corrected chi connectivity index (χ1v) is 8.35. The number of carbonyl (C=O) groups excluding carboxylic acids is 2. The lowest BCUT2D eigenvalue weighted by Gasteiger charge is -2.10. The van der Waals surface area contributed by atoms with Crippen molar-refractivity contribution in [1.29, 1.82) is 0 Å². The van der Waals surface area contributed by atoms with E-state index in [1.165, 1.54) is 6.08 Å². The van der Waals surface area contributed by atoms with E-state index in [4.69, 9.17) is 16.2 Å². The van der Waals surface area contributed by atoms with Crippen molar-refractivity contribution in [3.05, 3.63) is 65.2 Å². The van der Waals surface area contributed by atoms with Crippen LogP contribution in [0.2, 0.25) is 0 Å². The molecule has 0 unspecified atom stereocenters. The van der Waals surface area contributed by atoms with E-state index in [1.54, 1.807) is 49.4 Å². The molecule has 2 aromatic carbocycles. The smallest absolute Gasteiger partial charge is 0.330 e. The maximum Gasteiger partial charge on any atom is 0.330 e. The van der Waals surface area contributed by atoms with E-state index in [-0.39, 0.29) is 11.9 Å². The highest BCUT2D eigenvalue weighted by Crippen LogP contribution is 2.20. The molecule has 0 atom stereocenters. The minimum atomic E-state index is -0.395. The maximum absolute atomic E-state index is 12.5. The molecular formula is C20H22N4O3. The molecule has 0 saturated heterocycles. The molecular weight excluding hydrogens is 344 g/mol. The van der Waals surface area contributed by atoms with Gasteiger partial charge in [-0.3, -0.25) is 4.79 Å². The van der Waals surface area contributed by atoms with E-state index in [0.29, 0.717) is 23.5 Å². The Kier molecular flexibility index (Phi) is 6.71. The minimum absolute atomic E-state index is 0.0742. The molecule has 0 saturated carbocycles. The summed E-state index contributed by atoms with van der Waals surface area (Å²) in [6.07, 6.45) is 3.03. The molecule has 2 aromatic rings. The number of amides is 1. The Bertz CT molecular complexity index is 900. The van der Waals surface area contributed by atoms with Crippen LogP contribution in [0, 0.1) is 6.92 Å². The number of hydrogen-bond acceptors (Lipinski definition) is 4. The third-order valence-electron chi connectivity index (χ3n) is 3.56. The van der Waals surface area contributed by atoms with Crippen LogP contribution in [0.25, 0.3) is 6.08 Å². The Morgan fingerprint density at radius 1 is 1.19 bits per heavy atom. The van der Waals surface area contributed by atoms with Crippen molar-refractivity contribution in [3.8, 4) is 0 Å². The van der Waals surface area contributed by atoms with Gasteiger partial charge < -0.3 is 21.5 Å². The molecule has 0 spiro atoms. The summed E-state index contributed by atoms with van der Waals surface area (Å²) in [5.74, 6) is -0.747. The summed E-state index contributed by atoms with van der Waals surface area (Å²) in [7, 11) is 0. The van der Waals surface area contributed by atoms with Crippen molar-refractivity contribution in [2.24, 2.45) is 16.5 Å². The lowest BCUT2D eigenvalue weighted by Crippen LogP contribution is -2.22. The number of rotatable bonds is 6. The van der Waals surface area contributed by atoms with Crippen molar-refractivity contribution >= 4 is 35.3 Å². The number of guanidine groups is 1. The predicted molar refractivity (Wildman–Crippen MR) is 107 cm³/mol. The molecule has 0 bridgehead atoms. The zero-order valence-corrected chi connectivity index (χ0v) is 15.2. The summed E-state index contributed by atoms with van der Waals surface area (Å²) in [5.41, 5.74) is 14.0. The molecule has 0 aliphatic rings. The molecule has 0 aliphatic heterocycles. The molecule has 0 aromatic heterocycles. The second kappa shape index (κ2) is 9.19. The van der Waals surface area contributed by atoms with Gasteiger partial charge in [-0.2, -0.15) is 0 Å². The van der Waals surface area contributed by atoms with E-state index in [9.17, 15) is 9.59 Å². The van der Waals surface area contributed by atoms with Crippen LogP contribution in [0.4, 0.5) is 11.4 Å². The van der Waals surface area contributed by atoms with E-state index >= 15 is 0 Å². The number of nitrogens with one attached hydrogen (secondary N) is 1. The van der Waals surface area contributed by atoms with Crippen LogP contribution in [0.3, 0.4) is 0 Å². The summed E-state index contributed by atoms with van der Waals surface area (Å²) in [6.45, 7) is 3.95. The van der Waals surface area contributed by atoms with Crippen molar-refractivity contribution in [1.82, 2.24) is 0 Å². The predicted octanol–water partition coefficient (Wildman–Crippen LogP) is 2.73. The number of aliphatic imine (C=N–C) groups is 1. The van der Waals surface area contributed by atoms with Crippen LogP contribution in [-0.4, -0.2) is 24.4 Å². The SMILES string of the molecule is CCOC(=O)C=Cc1ccc(NC(=O)c2cccc(N=C(N)N)c2)c(C)c1. The Balaban J connectivity index is 2.12. The van der Waals surface area contributed by atoms with E-state index in [0.717, 1.165) is 11.1 Å². The summed E-state index contributed by atoms with van der Waals surface area (Å²) >= 11 is 0. The Morgan fingerprint density at radius 3 is 2.63 bits per heavy atom. The molecule has 7 heteroatoms. The number of esters is 1. The fourth-order valence-corrected chi connectivity index (χ4v) is 2.35. The first-order chi connectivity index (χ1) is 12.9. The average Bonchev–Trinajstić information content (AvgIpc) is 2.62. The standard InChI is InChI=1S/C20H22N4O3/c1-3-27-18(25)10-8-14-7-9-17(13(2)11-14)24-19(26)15-5-4-6-16(12-15)23-20(21)22/h4-12H,3H2,1-2H3,(H,24,26)(H4,21,22,23). The van der Waals surface area contributed by atoms with Gasteiger partial charge in [0, 0.05) is 17.3 Å². The monoisotopic (exact) mass is 366 g/mol. The highest BCUT2D eigenvalue weighted by atomic mass is 16.5. The Labute approximate surface area is 157 Å². The summed E-state index contributed by atoms with van der Waals surface area (Å²) in [5, 5.41) is 2.85. The summed E-state index contributed by atoms with van der Waals surface area (Å²) < 4.78 is 4.85. The van der Waals surface area contributed by atoms with E-state index < -0.39 is 5.97 Å². The summed E-state index contributed by atoms with van der Waals surface area (Å²) in [6, 6.07) is 12.1. The number of aryl methyl sites for hydroxylation is 1. The molecule has 0 aliphatic carbocycles. The third kappa shape index (κ3) is 6.00. The fourth-order valence-electron chi connectivity index (χ4n) is 2.35. The number of anilines is 1. The van der Waals surface area contributed by atoms with Gasteiger partial charge in [0.2, 0.25) is 0 Å². The molecule has 0 fully saturated rings. The molecule has 1 amide bonds. The van der Waals surface area contributed by atoms with Gasteiger partial charge in [-0.15, -0.1) is 0 Å². The second-order valence-corrected chi connectivity index (χ2v) is 5.70. The minimum Gasteiger partial charge on any atom is -0.463 e. The largest absolute Gasteiger partial charge is 0.463 e. The number of benzene rings is 2. The highest BCUT2D eigenvalue weighted by molar-refractivity contribution is 6.05. The zero-order chi connectivity index (χ0) is 19.8. The van der Waals surface area contributed by atoms with Gasteiger partial charge in [-0.25, -0.2) is 9.79 Å². The van der Waals surface area contributed by atoms with Gasteiger partial charge in [0.15, 0.2) is 5.96 Å². The van der Waals surface area contributed by atoms with Crippen molar-refractivity contribution in [2.75, 3.05) is 11.9 Å². The molecule has 140 valence electrons. The summed E-state index contributed by atoms with van der Waals surface area (Å²) in [4.78, 5) is 27.8. The van der Waals surface area contributed by atoms with Crippen LogP contribution in [0.5, 0.6) is 0 Å². The first kappa shape index (κ1) is 19.7. The van der Waals surface area contributed by atoms with Gasteiger partial charge in [-0.1, -0.05) is 12.1 Å². The van der Waals surface area contributed by atoms with Crippen LogP contribution in [0.1, 0.15) is 28.4 Å². The number of carbonyl (C=O) groups is 2. The van der Waals surface area contributed by atoms with Crippen LogP contribution in [-0.2, 0) is 9.53 Å². The van der Waals surface area contributed by atoms with Gasteiger partial charge in [0.1, 0.15) is 0 Å². The molecule has 27 heavy (non-hydrogen) atoms. The van der Waals surface area contributed by atoms with Gasteiger partial charge in [-0.05, 0) is 61.4 Å². The lowest BCUT2D eigenvalue weighted by molar-refractivity contribution is -0.137. The molecule has 7 nitrogen and oxygen atoms in total. The third-order valence-corrected chi connectivity index (χ3v) is 3.56. The first-order valence-electron chi connectivity index (χ1n) is 8.35. The number of nitrogens with two attached hydrogens (primary N) is 2. The zero-order valence-electron chi connectivity index (χ0n) is 15.2. The number of nitrogens with zero attached hydrogens (tertiary/aromatic N) is 1. The maximum atomic E-state index is 12.5. The van der Waals surface area contributed by atoms with Gasteiger partial charge in [0.25, 0.3) is 5.91 Å². The van der Waals surface area contributed by atoms with Crippen molar-refractivity contribution in [2.45, 2.75) is 13.8 Å². The van der Waals surface area contributed by atoms with Crippen LogP contribution >= 0.6 is 0 Å². The van der Waals surface area contributed by atoms with E-state index in [2.05, 4.69) is 10.3 Å². The van der Waals surface area contributed by atoms with Crippen LogP contribution in [0.15, 0.2) is 53.5 Å². The highest BCUT2D eigenvalue weighted by Gasteiger charge is 2.09. The topological polar surface area (TPSA) is 120 Å². The van der Waals surface area contributed by atoms with Crippen molar-refractivity contribution < 1.29 is 14.3 Å².